The minimum Gasteiger partial charge on any atom is -0.373 e. The highest BCUT2D eigenvalue weighted by Crippen LogP contribution is 2.47. The van der Waals surface area contributed by atoms with Gasteiger partial charge in [-0.3, -0.25) is 4.98 Å². The first kappa shape index (κ1) is 16.2. The van der Waals surface area contributed by atoms with E-state index in [1.165, 1.54) is 4.31 Å². The number of hydrogen-bond donors (Lipinski definition) is 0. The summed E-state index contributed by atoms with van der Waals surface area (Å²) in [5.41, 5.74) is 1.12. The van der Waals surface area contributed by atoms with Gasteiger partial charge in [0.15, 0.2) is 0 Å². The van der Waals surface area contributed by atoms with Crippen LogP contribution < -0.4 is 0 Å². The zero-order chi connectivity index (χ0) is 15.8. The molecule has 2 fully saturated rings. The molecule has 2 saturated heterocycles. The lowest BCUT2D eigenvalue weighted by molar-refractivity contribution is 0.0393. The molecule has 1 aromatic rings. The first-order valence-corrected chi connectivity index (χ1v) is 9.62. The van der Waals surface area contributed by atoms with Crippen LogP contribution in [0.4, 0.5) is 0 Å². The van der Waals surface area contributed by atoms with Gasteiger partial charge in [-0.15, -0.1) is 11.8 Å². The summed E-state index contributed by atoms with van der Waals surface area (Å²) in [6.45, 7) is 1.77. The van der Waals surface area contributed by atoms with E-state index < -0.39 is 10.2 Å². The summed E-state index contributed by atoms with van der Waals surface area (Å²) < 4.78 is 32.9. The Balaban J connectivity index is 1.50. The van der Waals surface area contributed by atoms with Gasteiger partial charge in [0.1, 0.15) is 0 Å². The third kappa shape index (κ3) is 3.16. The van der Waals surface area contributed by atoms with Crippen LogP contribution in [0.15, 0.2) is 24.5 Å². The Labute approximate surface area is 136 Å². The van der Waals surface area contributed by atoms with E-state index in [4.69, 9.17) is 4.74 Å². The second-order valence-electron chi connectivity index (χ2n) is 6.04. The van der Waals surface area contributed by atoms with Crippen molar-refractivity contribution in [3.05, 3.63) is 30.1 Å². The summed E-state index contributed by atoms with van der Waals surface area (Å²) in [5.74, 6) is 0.931. The number of hydrogen-bond acceptors (Lipinski definition) is 5. The van der Waals surface area contributed by atoms with Crippen LogP contribution in [-0.2, 0) is 21.6 Å². The van der Waals surface area contributed by atoms with Crippen LogP contribution in [-0.4, -0.2) is 65.8 Å². The predicted molar refractivity (Wildman–Crippen MR) is 86.8 cm³/mol. The molecule has 0 unspecified atom stereocenters. The molecule has 0 bridgehead atoms. The molecule has 22 heavy (non-hydrogen) atoms. The van der Waals surface area contributed by atoms with Gasteiger partial charge < -0.3 is 4.74 Å². The molecule has 8 heteroatoms. The van der Waals surface area contributed by atoms with Crippen LogP contribution in [0.5, 0.6) is 0 Å². The Morgan fingerprint density at radius 1 is 1.41 bits per heavy atom. The molecule has 0 aromatic carbocycles. The van der Waals surface area contributed by atoms with Crippen molar-refractivity contribution in [1.82, 2.24) is 13.6 Å². The maximum atomic E-state index is 12.1. The lowest BCUT2D eigenvalue weighted by Crippen LogP contribution is -2.62. The van der Waals surface area contributed by atoms with Gasteiger partial charge in [-0.05, 0) is 24.1 Å². The van der Waals surface area contributed by atoms with Crippen molar-refractivity contribution in [3.8, 4) is 0 Å². The third-order valence-electron chi connectivity index (χ3n) is 4.13. The molecule has 0 saturated carbocycles. The maximum Gasteiger partial charge on any atom is 0.281 e. The van der Waals surface area contributed by atoms with Gasteiger partial charge >= 0.3 is 0 Å². The largest absolute Gasteiger partial charge is 0.373 e. The van der Waals surface area contributed by atoms with E-state index in [0.717, 1.165) is 17.7 Å². The second-order valence-corrected chi connectivity index (χ2v) is 9.68. The first-order valence-electron chi connectivity index (χ1n) is 7.23. The van der Waals surface area contributed by atoms with Gasteiger partial charge in [-0.2, -0.15) is 17.0 Å². The highest BCUT2D eigenvalue weighted by molar-refractivity contribution is 8.01. The van der Waals surface area contributed by atoms with Gasteiger partial charge in [0.05, 0.1) is 12.7 Å². The van der Waals surface area contributed by atoms with Crippen molar-refractivity contribution in [2.24, 2.45) is 0 Å². The average molecular weight is 343 g/mol. The SMILES string of the molecule is CN(C)S(=O)(=O)N1CC2(C[C@H](OCc3ccncc3)CS2)C1. The van der Waals surface area contributed by atoms with E-state index >= 15 is 0 Å². The number of rotatable bonds is 5. The Morgan fingerprint density at radius 3 is 2.73 bits per heavy atom. The van der Waals surface area contributed by atoms with Crippen LogP contribution in [0.25, 0.3) is 0 Å². The summed E-state index contributed by atoms with van der Waals surface area (Å²) in [6, 6.07) is 3.90. The van der Waals surface area contributed by atoms with Crippen LogP contribution >= 0.6 is 11.8 Å². The molecular formula is C14H21N3O3S2. The molecule has 1 aromatic heterocycles. The Morgan fingerprint density at radius 2 is 2.09 bits per heavy atom. The van der Waals surface area contributed by atoms with E-state index in [1.807, 2.05) is 23.9 Å². The second kappa shape index (κ2) is 6.09. The fourth-order valence-electron chi connectivity index (χ4n) is 2.81. The molecule has 0 amide bonds. The van der Waals surface area contributed by atoms with Crippen molar-refractivity contribution in [2.45, 2.75) is 23.9 Å². The Bertz CT molecular complexity index is 615. The minimum absolute atomic E-state index is 0.0476. The highest BCUT2D eigenvalue weighted by atomic mass is 32.2. The monoisotopic (exact) mass is 343 g/mol. The van der Waals surface area contributed by atoms with Crippen LogP contribution in [0.2, 0.25) is 0 Å². The first-order chi connectivity index (χ1) is 10.4. The van der Waals surface area contributed by atoms with Crippen LogP contribution in [0.3, 0.4) is 0 Å². The quantitative estimate of drug-likeness (QED) is 0.797. The minimum atomic E-state index is -3.27. The summed E-state index contributed by atoms with van der Waals surface area (Å²) in [6.07, 6.45) is 4.64. The lowest BCUT2D eigenvalue weighted by atomic mass is 9.95. The predicted octanol–water partition coefficient (Wildman–Crippen LogP) is 0.965. The molecule has 2 aliphatic heterocycles. The third-order valence-corrected chi connectivity index (χ3v) is 7.54. The molecule has 3 heterocycles. The van der Waals surface area contributed by atoms with E-state index in [-0.39, 0.29) is 10.9 Å². The van der Waals surface area contributed by atoms with Crippen molar-refractivity contribution in [2.75, 3.05) is 32.9 Å². The van der Waals surface area contributed by atoms with Gasteiger partial charge in [0, 0.05) is 50.1 Å². The fourth-order valence-corrected chi connectivity index (χ4v) is 5.81. The van der Waals surface area contributed by atoms with E-state index in [0.29, 0.717) is 19.7 Å². The molecule has 1 atom stereocenters. The number of pyridine rings is 1. The van der Waals surface area contributed by atoms with Crippen LogP contribution in [0.1, 0.15) is 12.0 Å². The lowest BCUT2D eigenvalue weighted by Gasteiger charge is -2.46. The average Bonchev–Trinajstić information content (AvgIpc) is 2.89. The molecule has 0 aliphatic carbocycles. The molecule has 1 spiro atoms. The van der Waals surface area contributed by atoms with Gasteiger partial charge in [0.25, 0.3) is 10.2 Å². The molecule has 2 aliphatic rings. The summed E-state index contributed by atoms with van der Waals surface area (Å²) in [7, 11) is -0.126. The maximum absolute atomic E-state index is 12.1. The van der Waals surface area contributed by atoms with Crippen molar-refractivity contribution in [3.63, 3.8) is 0 Å². The summed E-state index contributed by atoms with van der Waals surface area (Å²) >= 11 is 1.84. The number of aromatic nitrogens is 1. The van der Waals surface area contributed by atoms with Crippen molar-refractivity contribution >= 4 is 22.0 Å². The molecule has 122 valence electrons. The summed E-state index contributed by atoms with van der Waals surface area (Å²) in [4.78, 5) is 3.99. The molecule has 0 N–H and O–H groups in total. The van der Waals surface area contributed by atoms with Crippen molar-refractivity contribution in [1.29, 1.82) is 0 Å². The highest BCUT2D eigenvalue weighted by Gasteiger charge is 2.53. The number of nitrogens with zero attached hydrogens (tertiary/aromatic N) is 3. The summed E-state index contributed by atoms with van der Waals surface area (Å²) in [5, 5.41) is 0. The molecule has 3 rings (SSSR count). The van der Waals surface area contributed by atoms with Gasteiger partial charge in [-0.1, -0.05) is 0 Å². The molecular weight excluding hydrogens is 322 g/mol. The standard InChI is InChI=1S/C14H21N3O3S2/c1-16(2)22(18,19)17-10-14(11-17)7-13(9-21-14)20-8-12-3-5-15-6-4-12/h3-6,13H,7-11H2,1-2H3/t13-/m0/s1. The zero-order valence-electron chi connectivity index (χ0n) is 12.8. The van der Waals surface area contributed by atoms with E-state index in [9.17, 15) is 8.42 Å². The van der Waals surface area contributed by atoms with Crippen LogP contribution in [0, 0.1) is 0 Å². The number of ether oxygens (including phenoxy) is 1. The Kier molecular flexibility index (Phi) is 4.48. The number of thioether (sulfide) groups is 1. The van der Waals surface area contributed by atoms with Gasteiger partial charge in [-0.25, -0.2) is 0 Å². The molecule has 0 radical (unpaired) electrons. The topological polar surface area (TPSA) is 62.7 Å². The van der Waals surface area contributed by atoms with Crippen molar-refractivity contribution < 1.29 is 13.2 Å². The molecule has 6 nitrogen and oxygen atoms in total. The zero-order valence-corrected chi connectivity index (χ0v) is 14.4. The normalized spacial score (nSPS) is 24.8. The van der Waals surface area contributed by atoms with E-state index in [2.05, 4.69) is 4.98 Å². The fraction of sp³-hybridized carbons (Fsp3) is 0.643. The van der Waals surface area contributed by atoms with Gasteiger partial charge in [0.2, 0.25) is 0 Å². The smallest absolute Gasteiger partial charge is 0.281 e. The Hall–Kier alpha value is -0.670. The van der Waals surface area contributed by atoms with E-state index in [1.54, 1.807) is 30.8 Å².